The summed E-state index contributed by atoms with van der Waals surface area (Å²) in [4.78, 5) is 51.5. The number of aromatic amines is 1. The molecule has 0 aliphatic carbocycles. The summed E-state index contributed by atoms with van der Waals surface area (Å²) >= 11 is 0. The number of aromatic nitrogens is 2. The van der Waals surface area contributed by atoms with Crippen molar-refractivity contribution in [3.05, 3.63) is 105 Å². The van der Waals surface area contributed by atoms with Gasteiger partial charge in [0.25, 0.3) is 11.3 Å². The molecule has 0 radical (unpaired) electrons. The molecule has 36 heavy (non-hydrogen) atoms. The van der Waals surface area contributed by atoms with Gasteiger partial charge < -0.3 is 19.3 Å². The van der Waals surface area contributed by atoms with E-state index in [4.69, 9.17) is 14.2 Å². The molecule has 0 saturated carbocycles. The Balaban J connectivity index is 1.71. The number of benzene rings is 2. The molecule has 0 unspecified atom stereocenters. The van der Waals surface area contributed by atoms with Crippen LogP contribution in [0.1, 0.15) is 27.6 Å². The van der Waals surface area contributed by atoms with Crippen LogP contribution >= 0.6 is 0 Å². The lowest BCUT2D eigenvalue weighted by Crippen LogP contribution is -2.51. The summed E-state index contributed by atoms with van der Waals surface area (Å²) in [5.74, 6) is -1.55. The Bertz CT molecular complexity index is 1410. The van der Waals surface area contributed by atoms with Crippen molar-refractivity contribution in [2.45, 2.75) is 37.1 Å². The quantitative estimate of drug-likeness (QED) is 0.478. The fourth-order valence-corrected chi connectivity index (χ4v) is 3.91. The summed E-state index contributed by atoms with van der Waals surface area (Å²) in [6.45, 7) is 1.44. The number of hydrogen-bond acceptors (Lipinski definition) is 9. The van der Waals surface area contributed by atoms with Crippen LogP contribution in [0.4, 0.5) is 0 Å². The topological polar surface area (TPSA) is 161 Å². The first-order chi connectivity index (χ1) is 17.3. The highest BCUT2D eigenvalue weighted by molar-refractivity contribution is 5.90. The van der Waals surface area contributed by atoms with E-state index in [1.165, 1.54) is 31.2 Å². The van der Waals surface area contributed by atoms with Crippen molar-refractivity contribution in [1.29, 1.82) is 5.26 Å². The standard InChI is InChI=1S/C25H21N3O8/c1-15(34-22(31)16-8-4-2-5-9-16)19-20(35-23(32)17-10-6-3-7-11-17)21(30)25(14-26,36-19)28-13-12-18(29)27-24(28)33/h2-13,15,19-21,30H,1H3,(H,27,29,33)/t15-,19-,20-,21-,25-/m1/s1. The molecule has 0 spiro atoms. The number of nitrogens with one attached hydrogen (secondary N) is 1. The summed E-state index contributed by atoms with van der Waals surface area (Å²) in [5.41, 5.74) is -3.77. The van der Waals surface area contributed by atoms with Gasteiger partial charge in [0, 0.05) is 12.3 Å². The van der Waals surface area contributed by atoms with Gasteiger partial charge in [0.05, 0.1) is 11.1 Å². The first-order valence-electron chi connectivity index (χ1n) is 10.9. The Hall–Kier alpha value is -4.53. The van der Waals surface area contributed by atoms with Gasteiger partial charge in [-0.3, -0.25) is 14.3 Å². The number of esters is 2. The lowest BCUT2D eigenvalue weighted by atomic mass is 10.0. The Labute approximate surface area is 204 Å². The number of rotatable bonds is 6. The third-order valence-electron chi connectivity index (χ3n) is 5.71. The highest BCUT2D eigenvalue weighted by Crippen LogP contribution is 2.38. The Morgan fingerprint density at radius 1 is 1.06 bits per heavy atom. The highest BCUT2D eigenvalue weighted by atomic mass is 16.6. The van der Waals surface area contributed by atoms with Gasteiger partial charge in [-0.2, -0.15) is 5.26 Å². The molecule has 11 heteroatoms. The minimum absolute atomic E-state index is 0.160. The van der Waals surface area contributed by atoms with E-state index in [2.05, 4.69) is 0 Å². The molecule has 0 bridgehead atoms. The molecule has 1 saturated heterocycles. The van der Waals surface area contributed by atoms with Crippen molar-refractivity contribution in [2.75, 3.05) is 0 Å². The monoisotopic (exact) mass is 491 g/mol. The third kappa shape index (κ3) is 4.55. The van der Waals surface area contributed by atoms with Gasteiger partial charge in [-0.25, -0.2) is 14.4 Å². The summed E-state index contributed by atoms with van der Waals surface area (Å²) in [6.07, 6.45) is -4.96. The molecule has 1 fully saturated rings. The van der Waals surface area contributed by atoms with Gasteiger partial charge in [0.15, 0.2) is 12.2 Å². The van der Waals surface area contributed by atoms with Gasteiger partial charge in [-0.05, 0) is 31.2 Å². The Morgan fingerprint density at radius 3 is 2.19 bits per heavy atom. The summed E-state index contributed by atoms with van der Waals surface area (Å²) in [6, 6.07) is 18.7. The molecule has 1 aliphatic heterocycles. The molecular formula is C25H21N3O8. The van der Waals surface area contributed by atoms with Crippen molar-refractivity contribution in [2.24, 2.45) is 0 Å². The molecule has 1 aromatic heterocycles. The molecule has 1 aliphatic rings. The minimum atomic E-state index is -2.40. The van der Waals surface area contributed by atoms with E-state index in [0.717, 1.165) is 12.3 Å². The molecular weight excluding hydrogens is 470 g/mol. The molecule has 184 valence electrons. The van der Waals surface area contributed by atoms with Crippen LogP contribution in [0.2, 0.25) is 0 Å². The van der Waals surface area contributed by atoms with Crippen LogP contribution < -0.4 is 11.2 Å². The van der Waals surface area contributed by atoms with E-state index < -0.39 is 53.3 Å². The maximum Gasteiger partial charge on any atom is 0.338 e. The number of H-pyrrole nitrogens is 1. The Morgan fingerprint density at radius 2 is 1.64 bits per heavy atom. The van der Waals surface area contributed by atoms with E-state index in [1.807, 2.05) is 4.98 Å². The maximum atomic E-state index is 12.8. The normalized spacial score (nSPS) is 23.9. The molecule has 3 aromatic rings. The van der Waals surface area contributed by atoms with Crippen molar-refractivity contribution in [3.63, 3.8) is 0 Å². The predicted octanol–water partition coefficient (Wildman–Crippen LogP) is 0.944. The van der Waals surface area contributed by atoms with Crippen LogP contribution in [-0.2, 0) is 19.9 Å². The zero-order valence-corrected chi connectivity index (χ0v) is 18.9. The van der Waals surface area contributed by atoms with Crippen molar-refractivity contribution >= 4 is 11.9 Å². The van der Waals surface area contributed by atoms with Crippen LogP contribution in [0.15, 0.2) is 82.5 Å². The van der Waals surface area contributed by atoms with Crippen LogP contribution in [0, 0.1) is 11.3 Å². The van der Waals surface area contributed by atoms with Crippen LogP contribution in [0.25, 0.3) is 0 Å². The van der Waals surface area contributed by atoms with E-state index in [-0.39, 0.29) is 11.1 Å². The van der Waals surface area contributed by atoms with Crippen LogP contribution in [0.5, 0.6) is 0 Å². The van der Waals surface area contributed by atoms with E-state index in [9.17, 15) is 29.5 Å². The third-order valence-corrected chi connectivity index (χ3v) is 5.71. The minimum Gasteiger partial charge on any atom is -0.456 e. The number of carbonyl (C=O) groups is 2. The molecule has 11 nitrogen and oxygen atoms in total. The number of aliphatic hydroxyl groups is 1. The van der Waals surface area contributed by atoms with E-state index in [1.54, 1.807) is 42.5 Å². The number of carbonyl (C=O) groups excluding carboxylic acids is 2. The molecule has 2 aromatic carbocycles. The zero-order valence-electron chi connectivity index (χ0n) is 18.9. The molecule has 0 amide bonds. The zero-order chi connectivity index (χ0) is 25.9. The first kappa shape index (κ1) is 24.6. The van der Waals surface area contributed by atoms with Gasteiger partial charge >= 0.3 is 17.6 Å². The average Bonchev–Trinajstić information content (AvgIpc) is 3.17. The molecule has 2 N–H and O–H groups in total. The Kier molecular flexibility index (Phi) is 6.82. The second-order valence-corrected chi connectivity index (χ2v) is 8.03. The fraction of sp³-hybridized carbons (Fsp3) is 0.240. The van der Waals surface area contributed by atoms with E-state index >= 15 is 0 Å². The van der Waals surface area contributed by atoms with Gasteiger partial charge in [-0.1, -0.05) is 36.4 Å². The SMILES string of the molecule is C[C@@H](OC(=O)c1ccccc1)[C@H]1O[C@@](C#N)(n2ccc(=O)[nH]c2=O)[C@H](O)[C@@H]1OC(=O)c1ccccc1. The van der Waals surface area contributed by atoms with Crippen molar-refractivity contribution in [1.82, 2.24) is 9.55 Å². The molecule has 2 heterocycles. The van der Waals surface area contributed by atoms with Crippen LogP contribution in [0.3, 0.4) is 0 Å². The van der Waals surface area contributed by atoms with E-state index in [0.29, 0.717) is 4.57 Å². The van der Waals surface area contributed by atoms with Gasteiger partial charge in [0.2, 0.25) is 0 Å². The summed E-state index contributed by atoms with van der Waals surface area (Å²) in [5, 5.41) is 21.2. The summed E-state index contributed by atoms with van der Waals surface area (Å²) < 4.78 is 17.5. The number of aliphatic hydroxyl groups excluding tert-OH is 1. The molecule has 5 atom stereocenters. The first-order valence-corrected chi connectivity index (χ1v) is 10.9. The van der Waals surface area contributed by atoms with Crippen LogP contribution in [-0.4, -0.2) is 51.0 Å². The largest absolute Gasteiger partial charge is 0.456 e. The second kappa shape index (κ2) is 9.99. The van der Waals surface area contributed by atoms with Crippen molar-refractivity contribution in [3.8, 4) is 6.07 Å². The smallest absolute Gasteiger partial charge is 0.338 e. The molecule has 4 rings (SSSR count). The lowest BCUT2D eigenvalue weighted by molar-refractivity contribution is -0.126. The van der Waals surface area contributed by atoms with Gasteiger partial charge in [-0.15, -0.1) is 0 Å². The number of nitriles is 1. The predicted molar refractivity (Wildman–Crippen MR) is 123 cm³/mol. The maximum absolute atomic E-state index is 12.8. The number of hydrogen-bond donors (Lipinski definition) is 2. The van der Waals surface area contributed by atoms with Crippen molar-refractivity contribution < 1.29 is 28.9 Å². The average molecular weight is 491 g/mol. The second-order valence-electron chi connectivity index (χ2n) is 8.03. The fourth-order valence-electron chi connectivity index (χ4n) is 3.91. The lowest BCUT2D eigenvalue weighted by Gasteiger charge is -2.26. The number of ether oxygens (including phenoxy) is 3. The number of nitrogens with zero attached hydrogens (tertiary/aromatic N) is 2. The summed E-state index contributed by atoms with van der Waals surface area (Å²) in [7, 11) is 0. The van der Waals surface area contributed by atoms with Gasteiger partial charge in [0.1, 0.15) is 18.3 Å². The highest BCUT2D eigenvalue weighted by Gasteiger charge is 2.61.